The van der Waals surface area contributed by atoms with E-state index in [1.54, 1.807) is 36.4 Å². The van der Waals surface area contributed by atoms with Gasteiger partial charge < -0.3 is 74.4 Å². The Morgan fingerprint density at radius 1 is 0.790 bits per heavy atom. The third kappa shape index (κ3) is 21.6. The molecular weight excluding hydrogens is 1300 g/mol. The summed E-state index contributed by atoms with van der Waals surface area (Å²) < 4.78 is 34.0. The van der Waals surface area contributed by atoms with Gasteiger partial charge in [0.1, 0.15) is 67.2 Å². The van der Waals surface area contributed by atoms with Crippen LogP contribution in [0.25, 0.3) is 11.1 Å². The predicted octanol–water partition coefficient (Wildman–Crippen LogP) is 8.48. The molecule has 1 unspecified atom stereocenters. The van der Waals surface area contributed by atoms with Crippen molar-refractivity contribution in [3.8, 4) is 16.9 Å². The summed E-state index contributed by atoms with van der Waals surface area (Å²) in [6.07, 6.45) is -5.72. The molecule has 5 aromatic rings. The number of fused-ring (bicyclic) bond motifs is 3. The minimum absolute atomic E-state index is 0.0500. The zero-order valence-electron chi connectivity index (χ0n) is 58.6. The van der Waals surface area contributed by atoms with Crippen molar-refractivity contribution in [3.63, 3.8) is 0 Å². The topological polar surface area (TPSA) is 317 Å². The Bertz CT molecular complexity index is 3580. The highest BCUT2D eigenvalue weighted by Gasteiger charge is 2.49. The third-order valence-electron chi connectivity index (χ3n) is 18.1. The van der Waals surface area contributed by atoms with Gasteiger partial charge in [0.2, 0.25) is 18.1 Å². The third-order valence-corrected chi connectivity index (χ3v) is 19.0. The van der Waals surface area contributed by atoms with E-state index in [0.717, 1.165) is 45.6 Å². The summed E-state index contributed by atoms with van der Waals surface area (Å²) in [4.78, 5) is 116. The van der Waals surface area contributed by atoms with E-state index in [0.29, 0.717) is 36.4 Å². The molecule has 1 aromatic heterocycles. The number of esters is 3. The summed E-state index contributed by atoms with van der Waals surface area (Å²) in [6.45, 7) is 20.1. The van der Waals surface area contributed by atoms with Crippen molar-refractivity contribution in [2.75, 3.05) is 58.9 Å². The van der Waals surface area contributed by atoms with Crippen molar-refractivity contribution in [1.82, 2.24) is 25.8 Å². The number of carbonyl (C=O) groups excluding carboxylic acids is 8. The van der Waals surface area contributed by atoms with Crippen molar-refractivity contribution in [2.45, 2.75) is 161 Å². The number of quaternary nitrogens is 1. The second kappa shape index (κ2) is 37.5. The van der Waals surface area contributed by atoms with Crippen LogP contribution in [0.2, 0.25) is 0 Å². The van der Waals surface area contributed by atoms with Gasteiger partial charge in [0, 0.05) is 62.3 Å². The number of aromatic nitrogens is 1. The minimum Gasteiger partial charge on any atom is -0.461 e. The Labute approximate surface area is 589 Å². The van der Waals surface area contributed by atoms with Crippen LogP contribution in [0.3, 0.4) is 0 Å². The lowest BCUT2D eigenvalue weighted by Crippen LogP contribution is -2.61. The molecule has 7 rings (SSSR count). The molecule has 1 fully saturated rings. The van der Waals surface area contributed by atoms with Gasteiger partial charge in [-0.3, -0.25) is 28.8 Å². The molecule has 4 aromatic carbocycles. The first-order chi connectivity index (χ1) is 47.8. The molecular formula is C75H98N7O17S+. The van der Waals surface area contributed by atoms with E-state index < -0.39 is 103 Å². The summed E-state index contributed by atoms with van der Waals surface area (Å²) >= 11 is 1.13. The normalized spacial score (nSPS) is 18.7. The van der Waals surface area contributed by atoms with E-state index in [1.165, 1.54) is 25.1 Å². The summed E-state index contributed by atoms with van der Waals surface area (Å²) in [5, 5.41) is 46.3. The molecule has 1 aliphatic heterocycles. The lowest BCUT2D eigenvalue weighted by atomic mass is 9.93. The molecule has 540 valence electrons. The van der Waals surface area contributed by atoms with Gasteiger partial charge in [-0.25, -0.2) is 14.6 Å². The summed E-state index contributed by atoms with van der Waals surface area (Å²) in [5.41, 5.74) is 5.87. The average molecular weight is 1400 g/mol. The quantitative estimate of drug-likeness (QED) is 0.00848. The number of benzene rings is 4. The van der Waals surface area contributed by atoms with Crippen LogP contribution in [-0.4, -0.2) is 180 Å². The first-order valence-corrected chi connectivity index (χ1v) is 35.0. The second-order valence-corrected chi connectivity index (χ2v) is 27.2. The van der Waals surface area contributed by atoms with Crippen LogP contribution in [0.5, 0.6) is 5.75 Å². The molecule has 0 bridgehead atoms. The molecule has 2 heterocycles. The zero-order valence-corrected chi connectivity index (χ0v) is 59.4. The Morgan fingerprint density at radius 2 is 1.45 bits per heavy atom. The van der Waals surface area contributed by atoms with Gasteiger partial charge in [-0.05, 0) is 77.1 Å². The van der Waals surface area contributed by atoms with Crippen molar-refractivity contribution >= 4 is 64.7 Å². The van der Waals surface area contributed by atoms with Gasteiger partial charge in [0.25, 0.3) is 11.8 Å². The highest BCUT2D eigenvalue weighted by molar-refractivity contribution is 7.09. The fourth-order valence-corrected chi connectivity index (χ4v) is 13.4. The Hall–Kier alpha value is -8.85. The number of unbranched alkanes of at least 4 members (excludes halogenated alkanes) is 1. The smallest absolute Gasteiger partial charge is 0.407 e. The van der Waals surface area contributed by atoms with E-state index >= 15 is 4.79 Å². The number of nitrogens with one attached hydrogen (secondary N) is 4. The Morgan fingerprint density at radius 3 is 2.09 bits per heavy atom. The highest BCUT2D eigenvalue weighted by Crippen LogP contribution is 2.45. The standard InChI is InChI=1S/C75H97N7O17S/c1-12-16-34-82(11,42-63(85)80-64(46(7)15-4)71(90)81(10)59(45(5)6)40-61(97-48(9)83)70-79-58(44-100-70)69(89)77-51(38-49-24-18-17-19-25-49)37-47(8)72(91)94-35-13-2)41-50-30-31-60(98-74-67(88)65(86)66(87)68(99-74)73(92)95-36-14-3)57(39-50)78-62(84)32-33-76-75(93)96-43-56-54-28-22-20-26-52(54)53-27-21-23-29-55(53)56/h13-14,17-31,39,44-47,51,56,59,61,64-68,74,86-88H,2-3,12,15-16,32-38,40-43H2,1,4-11H3,(H3-,76,77,78,80,84,85,89,93)/p+1/t46-,47-,51+,59+,61+,64-,65-,66-,67+,68-,74+,82?/m0/s1. The van der Waals surface area contributed by atoms with Crippen molar-refractivity contribution in [1.29, 1.82) is 0 Å². The van der Waals surface area contributed by atoms with Crippen molar-refractivity contribution in [3.05, 3.63) is 161 Å². The maximum atomic E-state index is 15.0. The minimum atomic E-state index is -1.93. The van der Waals surface area contributed by atoms with E-state index in [1.807, 2.05) is 121 Å². The number of ether oxygens (including phenoxy) is 6. The summed E-state index contributed by atoms with van der Waals surface area (Å²) in [7, 11) is 3.55. The largest absolute Gasteiger partial charge is 0.461 e. The van der Waals surface area contributed by atoms with Crippen molar-refractivity contribution < 1.29 is 86.6 Å². The van der Waals surface area contributed by atoms with Gasteiger partial charge in [0.15, 0.2) is 18.8 Å². The molecule has 100 heavy (non-hydrogen) atoms. The number of hydrogen-bond acceptors (Lipinski definition) is 19. The predicted molar refractivity (Wildman–Crippen MR) is 376 cm³/mol. The molecule has 24 nitrogen and oxygen atoms in total. The fourth-order valence-electron chi connectivity index (χ4n) is 12.5. The first-order valence-electron chi connectivity index (χ1n) is 34.1. The van der Waals surface area contributed by atoms with Crippen LogP contribution in [0.4, 0.5) is 10.5 Å². The first kappa shape index (κ1) is 78.5. The summed E-state index contributed by atoms with van der Waals surface area (Å²) in [6, 6.07) is 28.1. The fraction of sp³-hybridized carbons (Fsp3) is 0.480. The van der Waals surface area contributed by atoms with E-state index in [9.17, 15) is 48.9 Å². The molecule has 1 aliphatic carbocycles. The number of aliphatic hydroxyl groups excluding tert-OH is 3. The highest BCUT2D eigenvalue weighted by atomic mass is 32.1. The van der Waals surface area contributed by atoms with E-state index in [4.69, 9.17) is 28.4 Å². The number of rotatable bonds is 37. The molecule has 1 saturated heterocycles. The molecule has 25 heteroatoms. The van der Waals surface area contributed by atoms with Crippen LogP contribution >= 0.6 is 11.3 Å². The SMILES string of the molecule is C=CCOC(=O)[C@H]1O[C@@H](Oc2ccc(C[N+](C)(CCCC)CC(=O)N[C@H](C(=O)N(C)[C@H](C[C@@H](OC(C)=O)c3nc(C(=O)N[C@@H](Cc4ccccc4)C[C@H](C)C(=O)OCC=C)cs3)C(C)C)[C@@H](C)CC)cc2NC(=O)CCNC(=O)OCC2c3ccccc3-c3ccccc32)[C@H](O)[C@@H](O)[C@@H]1O. The molecule has 0 saturated carbocycles. The van der Waals surface area contributed by atoms with Gasteiger partial charge >= 0.3 is 24.0 Å². The monoisotopic (exact) mass is 1400 g/mol. The maximum Gasteiger partial charge on any atom is 0.407 e. The van der Waals surface area contributed by atoms with Crippen molar-refractivity contribution in [2.24, 2.45) is 17.8 Å². The summed E-state index contributed by atoms with van der Waals surface area (Å²) in [5.74, 6) is -5.36. The average Bonchev–Trinajstić information content (AvgIpc) is 1.72. The number of anilines is 1. The maximum absolute atomic E-state index is 15.0. The lowest BCUT2D eigenvalue weighted by molar-refractivity contribution is -0.915. The number of thiazole rings is 1. The number of carbonyl (C=O) groups is 8. The number of nitrogens with zero attached hydrogens (tertiary/aromatic N) is 3. The number of alkyl carbamates (subject to hydrolysis) is 1. The molecule has 12 atom stereocenters. The van der Waals surface area contributed by atoms with Gasteiger partial charge in [0.05, 0.1) is 25.2 Å². The van der Waals surface area contributed by atoms with E-state index in [-0.39, 0.29) is 104 Å². The van der Waals surface area contributed by atoms with Crippen LogP contribution in [0, 0.1) is 17.8 Å². The molecule has 5 amide bonds. The number of hydrogen-bond donors (Lipinski definition) is 7. The van der Waals surface area contributed by atoms with Gasteiger partial charge in [-0.1, -0.05) is 159 Å². The molecule has 7 N–H and O–H groups in total. The molecule has 0 spiro atoms. The lowest BCUT2D eigenvalue weighted by Gasteiger charge is -2.39. The second-order valence-electron chi connectivity index (χ2n) is 26.3. The van der Waals surface area contributed by atoms with Gasteiger partial charge in [-0.15, -0.1) is 11.3 Å². The molecule has 0 radical (unpaired) electrons. The van der Waals surface area contributed by atoms with Crippen LogP contribution in [0.15, 0.2) is 128 Å². The Kier molecular flexibility index (Phi) is 29.5. The van der Waals surface area contributed by atoms with Crippen LogP contribution < -0.4 is 26.0 Å². The van der Waals surface area contributed by atoms with Crippen LogP contribution in [-0.2, 0) is 65.4 Å². The van der Waals surface area contributed by atoms with E-state index in [2.05, 4.69) is 39.4 Å². The van der Waals surface area contributed by atoms with Crippen LogP contribution in [0.1, 0.15) is 137 Å². The number of likely N-dealkylation sites (N-methyl/N-ethyl adjacent to an activating group) is 2. The number of aliphatic hydroxyl groups is 3. The Balaban J connectivity index is 1.06. The number of amides is 5. The molecule has 2 aliphatic rings. The van der Waals surface area contributed by atoms with Gasteiger partial charge in [-0.2, -0.15) is 0 Å². The zero-order chi connectivity index (χ0) is 72.8.